The number of nitrogens with zero attached hydrogens (tertiary/aromatic N) is 7. The number of hydrogen-bond donors (Lipinski definition) is 2. The molecule has 0 aliphatic heterocycles. The van der Waals surface area contributed by atoms with Crippen molar-refractivity contribution in [3.63, 3.8) is 0 Å². The molecule has 0 unspecified atom stereocenters. The predicted octanol–water partition coefficient (Wildman–Crippen LogP) is 3.31. The van der Waals surface area contributed by atoms with Gasteiger partial charge in [0.05, 0.1) is 29.2 Å². The maximum Gasteiger partial charge on any atom is 0.259 e. The van der Waals surface area contributed by atoms with Crippen molar-refractivity contribution < 1.29 is 4.79 Å². The second-order valence-electron chi connectivity index (χ2n) is 8.46. The van der Waals surface area contributed by atoms with E-state index >= 15 is 0 Å². The summed E-state index contributed by atoms with van der Waals surface area (Å²) in [5.74, 6) is 6.18. The number of carbonyl (C=O) groups excluding carboxylic acids is 1. The van der Waals surface area contributed by atoms with Crippen LogP contribution in [0.25, 0.3) is 21.9 Å². The Balaban J connectivity index is 1.43. The Morgan fingerprint density at radius 3 is 2.81 bits per heavy atom. The number of rotatable bonds is 4. The summed E-state index contributed by atoms with van der Waals surface area (Å²) in [5, 5.41) is 9.21. The highest BCUT2D eigenvalue weighted by molar-refractivity contribution is 7.15. The zero-order valence-electron chi connectivity index (χ0n) is 20.0. The van der Waals surface area contributed by atoms with Crippen LogP contribution in [-0.4, -0.2) is 39.4 Å². The molecule has 6 aromatic rings. The molecular formula is C26H21N9OS. The molecule has 182 valence electrons. The van der Waals surface area contributed by atoms with E-state index in [0.29, 0.717) is 5.65 Å². The lowest BCUT2D eigenvalue weighted by molar-refractivity contribution is 0.0941. The monoisotopic (exact) mass is 507 g/mol. The third kappa shape index (κ3) is 3.99. The molecule has 0 bridgehead atoms. The third-order valence-electron chi connectivity index (χ3n) is 5.93. The van der Waals surface area contributed by atoms with Gasteiger partial charge in [0.1, 0.15) is 23.4 Å². The fourth-order valence-corrected chi connectivity index (χ4v) is 5.05. The SMILES string of the molecule is C[C@@H](NC(=O)c1c(N)ncn2ccnc12)c1nc2scc(C#Cc3cnn(C)c3)n2c1-c1ccccc1. The summed E-state index contributed by atoms with van der Waals surface area (Å²) >= 11 is 1.49. The molecule has 0 saturated carbocycles. The zero-order valence-corrected chi connectivity index (χ0v) is 20.8. The van der Waals surface area contributed by atoms with Crippen LogP contribution in [0, 0.1) is 11.8 Å². The highest BCUT2D eigenvalue weighted by Gasteiger charge is 2.25. The molecule has 1 atom stereocenters. The largest absolute Gasteiger partial charge is 0.383 e. The fourth-order valence-electron chi connectivity index (χ4n) is 4.22. The first-order chi connectivity index (χ1) is 18.0. The number of nitrogen functional groups attached to an aromatic ring is 1. The van der Waals surface area contributed by atoms with Crippen LogP contribution >= 0.6 is 11.3 Å². The maximum absolute atomic E-state index is 13.3. The molecule has 0 aliphatic carbocycles. The van der Waals surface area contributed by atoms with Crippen molar-refractivity contribution in [1.29, 1.82) is 0 Å². The molecule has 3 N–H and O–H groups in total. The number of aryl methyl sites for hydroxylation is 1. The van der Waals surface area contributed by atoms with E-state index in [1.165, 1.54) is 17.7 Å². The lowest BCUT2D eigenvalue weighted by Gasteiger charge is -2.15. The van der Waals surface area contributed by atoms with Gasteiger partial charge >= 0.3 is 0 Å². The van der Waals surface area contributed by atoms with Crippen LogP contribution in [0.5, 0.6) is 0 Å². The van der Waals surface area contributed by atoms with E-state index in [9.17, 15) is 4.79 Å². The number of hydrogen-bond acceptors (Lipinski definition) is 7. The van der Waals surface area contributed by atoms with Crippen LogP contribution in [0.3, 0.4) is 0 Å². The van der Waals surface area contributed by atoms with Crippen LogP contribution in [-0.2, 0) is 7.05 Å². The van der Waals surface area contributed by atoms with E-state index in [2.05, 4.69) is 32.2 Å². The van der Waals surface area contributed by atoms with Gasteiger partial charge in [-0.25, -0.2) is 15.0 Å². The standard InChI is InChI=1S/C26H21N9OS/c1-16(31-25(36)20-23(27)29-15-34-11-10-28-24(20)34)21-22(18-6-4-3-5-7-18)35-19(14-37-26(35)32-21)9-8-17-12-30-33(2)13-17/h3-7,10-16H,27H2,1-2H3,(H,31,36)/t16-/m1/s1. The number of carbonyl (C=O) groups is 1. The summed E-state index contributed by atoms with van der Waals surface area (Å²) in [4.78, 5) is 27.4. The summed E-state index contributed by atoms with van der Waals surface area (Å²) in [6, 6.07) is 9.50. The van der Waals surface area contributed by atoms with Gasteiger partial charge in [-0.15, -0.1) is 11.3 Å². The quantitative estimate of drug-likeness (QED) is 0.353. The number of benzene rings is 1. The highest BCUT2D eigenvalue weighted by atomic mass is 32.1. The molecule has 0 spiro atoms. The molecule has 11 heteroatoms. The van der Waals surface area contributed by atoms with Gasteiger partial charge in [0.25, 0.3) is 5.91 Å². The molecule has 0 saturated heterocycles. The second kappa shape index (κ2) is 8.92. The average molecular weight is 508 g/mol. The van der Waals surface area contributed by atoms with Crippen molar-refractivity contribution >= 4 is 33.7 Å². The van der Waals surface area contributed by atoms with E-state index in [4.69, 9.17) is 10.7 Å². The Hall–Kier alpha value is -4.95. The molecule has 5 heterocycles. The van der Waals surface area contributed by atoms with Crippen LogP contribution in [0.2, 0.25) is 0 Å². The van der Waals surface area contributed by atoms with E-state index in [1.54, 1.807) is 27.7 Å². The van der Waals surface area contributed by atoms with Crippen molar-refractivity contribution in [1.82, 2.24) is 38.9 Å². The first-order valence-electron chi connectivity index (χ1n) is 11.4. The van der Waals surface area contributed by atoms with Crippen LogP contribution in [0.4, 0.5) is 5.82 Å². The number of nitrogens with one attached hydrogen (secondary N) is 1. The minimum absolute atomic E-state index is 0.116. The third-order valence-corrected chi connectivity index (χ3v) is 6.76. The smallest absolute Gasteiger partial charge is 0.259 e. The molecule has 0 aliphatic rings. The molecule has 10 nitrogen and oxygen atoms in total. The Kier molecular flexibility index (Phi) is 5.43. The molecule has 5 aromatic heterocycles. The summed E-state index contributed by atoms with van der Waals surface area (Å²) in [6.45, 7) is 1.90. The fraction of sp³-hybridized carbons (Fsp3) is 0.115. The maximum atomic E-state index is 13.3. The molecule has 1 amide bonds. The van der Waals surface area contributed by atoms with E-state index in [-0.39, 0.29) is 17.3 Å². The van der Waals surface area contributed by atoms with Gasteiger partial charge in [-0.3, -0.25) is 18.3 Å². The zero-order chi connectivity index (χ0) is 25.5. The summed E-state index contributed by atoms with van der Waals surface area (Å²) < 4.78 is 5.41. The summed E-state index contributed by atoms with van der Waals surface area (Å²) in [6.07, 6.45) is 8.44. The van der Waals surface area contributed by atoms with Gasteiger partial charge in [-0.05, 0) is 12.8 Å². The molecule has 6 rings (SSSR count). The Bertz CT molecular complexity index is 1830. The van der Waals surface area contributed by atoms with Crippen LogP contribution in [0.15, 0.2) is 66.8 Å². The molecule has 1 aromatic carbocycles. The number of nitrogens with two attached hydrogens (primary N) is 1. The average Bonchev–Trinajstić information content (AvgIpc) is 3.67. The Morgan fingerprint density at radius 1 is 1.19 bits per heavy atom. The van der Waals surface area contributed by atoms with Crippen molar-refractivity contribution in [2.24, 2.45) is 7.05 Å². The Morgan fingerprint density at radius 2 is 2.03 bits per heavy atom. The number of imidazole rings is 2. The number of amides is 1. The van der Waals surface area contributed by atoms with Crippen LogP contribution in [0.1, 0.15) is 40.3 Å². The lowest BCUT2D eigenvalue weighted by atomic mass is 10.1. The van der Waals surface area contributed by atoms with E-state index in [1.807, 2.05) is 60.3 Å². The first-order valence-corrected chi connectivity index (χ1v) is 12.3. The Labute approximate surface area is 215 Å². The van der Waals surface area contributed by atoms with Gasteiger partial charge in [0.15, 0.2) is 10.6 Å². The first kappa shape index (κ1) is 22.5. The minimum atomic E-state index is -0.441. The van der Waals surface area contributed by atoms with Crippen LogP contribution < -0.4 is 11.1 Å². The second-order valence-corrected chi connectivity index (χ2v) is 9.30. The summed E-state index contributed by atoms with van der Waals surface area (Å²) in [5.41, 5.74) is 10.9. The highest BCUT2D eigenvalue weighted by Crippen LogP contribution is 2.33. The van der Waals surface area contributed by atoms with E-state index < -0.39 is 6.04 Å². The van der Waals surface area contributed by atoms with Gasteiger partial charge in [-0.1, -0.05) is 36.3 Å². The van der Waals surface area contributed by atoms with Gasteiger partial charge in [-0.2, -0.15) is 5.10 Å². The number of fused-ring (bicyclic) bond motifs is 2. The van der Waals surface area contributed by atoms with Crippen molar-refractivity contribution in [3.05, 3.63) is 89.3 Å². The normalized spacial score (nSPS) is 11.9. The number of anilines is 1. The molecule has 0 fully saturated rings. The lowest BCUT2D eigenvalue weighted by Crippen LogP contribution is -2.29. The summed E-state index contributed by atoms with van der Waals surface area (Å²) in [7, 11) is 1.86. The molecule has 0 radical (unpaired) electrons. The minimum Gasteiger partial charge on any atom is -0.383 e. The van der Waals surface area contributed by atoms with Crippen molar-refractivity contribution in [3.8, 4) is 23.1 Å². The van der Waals surface area contributed by atoms with Crippen molar-refractivity contribution in [2.45, 2.75) is 13.0 Å². The number of aromatic nitrogens is 7. The van der Waals surface area contributed by atoms with Gasteiger partial charge in [0.2, 0.25) is 0 Å². The predicted molar refractivity (Wildman–Crippen MR) is 141 cm³/mol. The van der Waals surface area contributed by atoms with Gasteiger partial charge < -0.3 is 11.1 Å². The van der Waals surface area contributed by atoms with Crippen molar-refractivity contribution in [2.75, 3.05) is 5.73 Å². The topological polar surface area (TPSA) is 120 Å². The molecule has 37 heavy (non-hydrogen) atoms. The van der Waals surface area contributed by atoms with E-state index in [0.717, 1.165) is 33.2 Å². The van der Waals surface area contributed by atoms with Gasteiger partial charge in [0, 0.05) is 36.6 Å². The molecular weight excluding hydrogens is 486 g/mol. The number of thiazole rings is 1.